The molecule has 0 aromatic heterocycles. The lowest BCUT2D eigenvalue weighted by Crippen LogP contribution is -2.23. The predicted octanol–water partition coefficient (Wildman–Crippen LogP) is 4.67. The summed E-state index contributed by atoms with van der Waals surface area (Å²) in [4.78, 5) is 24.0. The maximum atomic E-state index is 12.4. The fraction of sp³-hybridized carbons (Fsp3) is 0.350. The molecule has 0 heterocycles. The number of benzene rings is 2. The van der Waals surface area contributed by atoms with Crippen LogP contribution in [0.1, 0.15) is 36.2 Å². The van der Waals surface area contributed by atoms with Crippen molar-refractivity contribution >= 4 is 23.4 Å². The summed E-state index contributed by atoms with van der Waals surface area (Å²) >= 11 is 1.45. The molecular formula is C20H24N2O4S. The molecule has 0 spiro atoms. The fourth-order valence-corrected chi connectivity index (χ4v) is 3.71. The van der Waals surface area contributed by atoms with Crippen LogP contribution in [0.3, 0.4) is 0 Å². The predicted molar refractivity (Wildman–Crippen MR) is 107 cm³/mol. The van der Waals surface area contributed by atoms with E-state index < -0.39 is 4.92 Å². The Morgan fingerprint density at radius 2 is 2.00 bits per heavy atom. The Morgan fingerprint density at radius 3 is 2.67 bits per heavy atom. The van der Waals surface area contributed by atoms with Crippen molar-refractivity contribution in [2.45, 2.75) is 31.7 Å². The lowest BCUT2D eigenvalue weighted by atomic mass is 10.1. The first-order valence-electron chi connectivity index (χ1n) is 8.73. The van der Waals surface area contributed by atoms with Crippen molar-refractivity contribution < 1.29 is 14.5 Å². The maximum Gasteiger partial charge on any atom is 0.283 e. The number of hydrogen-bond donors (Lipinski definition) is 1. The molecule has 27 heavy (non-hydrogen) atoms. The van der Waals surface area contributed by atoms with E-state index in [-0.39, 0.29) is 23.7 Å². The highest BCUT2D eigenvalue weighted by Gasteiger charge is 2.18. The molecule has 0 aliphatic carbocycles. The Morgan fingerprint density at radius 1 is 1.26 bits per heavy atom. The Kier molecular flexibility index (Phi) is 7.67. The monoisotopic (exact) mass is 388 g/mol. The van der Waals surface area contributed by atoms with Gasteiger partial charge in [0.25, 0.3) is 11.6 Å². The van der Waals surface area contributed by atoms with Gasteiger partial charge in [-0.15, -0.1) is 11.8 Å². The van der Waals surface area contributed by atoms with Gasteiger partial charge in [0.05, 0.1) is 16.9 Å². The summed E-state index contributed by atoms with van der Waals surface area (Å²) in [6.07, 6.45) is 0.975. The Labute approximate surface area is 163 Å². The van der Waals surface area contributed by atoms with Crippen LogP contribution in [0.25, 0.3) is 0 Å². The molecule has 0 unspecified atom stereocenters. The lowest BCUT2D eigenvalue weighted by Gasteiger charge is -2.10. The average molecular weight is 388 g/mol. The summed E-state index contributed by atoms with van der Waals surface area (Å²) in [6, 6.07) is 12.0. The van der Waals surface area contributed by atoms with E-state index in [1.54, 1.807) is 19.2 Å². The zero-order valence-corrected chi connectivity index (χ0v) is 16.5. The second-order valence-corrected chi connectivity index (χ2v) is 7.60. The van der Waals surface area contributed by atoms with Crippen LogP contribution in [0.15, 0.2) is 47.4 Å². The van der Waals surface area contributed by atoms with Gasteiger partial charge in [0.1, 0.15) is 5.75 Å². The van der Waals surface area contributed by atoms with Crippen molar-refractivity contribution in [1.82, 2.24) is 5.32 Å². The second-order valence-electron chi connectivity index (χ2n) is 6.47. The largest absolute Gasteiger partial charge is 0.496 e. The van der Waals surface area contributed by atoms with E-state index in [4.69, 9.17) is 4.74 Å². The van der Waals surface area contributed by atoms with Gasteiger partial charge >= 0.3 is 0 Å². The van der Waals surface area contributed by atoms with Gasteiger partial charge < -0.3 is 10.1 Å². The third-order valence-electron chi connectivity index (χ3n) is 4.00. The standard InChI is InChI=1S/C20H24N2O4S/c1-14(2)10-11-27-19-9-8-15(12-17(19)22(24)25)20(23)21-13-16-6-4-5-7-18(16)26-3/h4-9,12,14H,10-11,13H2,1-3H3,(H,21,23). The lowest BCUT2D eigenvalue weighted by molar-refractivity contribution is -0.387. The molecule has 0 saturated heterocycles. The summed E-state index contributed by atoms with van der Waals surface area (Å²) in [7, 11) is 1.57. The molecule has 0 saturated carbocycles. The highest BCUT2D eigenvalue weighted by Crippen LogP contribution is 2.31. The first kappa shape index (κ1) is 20.8. The van der Waals surface area contributed by atoms with Crippen molar-refractivity contribution in [1.29, 1.82) is 0 Å². The molecule has 1 amide bonds. The molecular weight excluding hydrogens is 364 g/mol. The highest BCUT2D eigenvalue weighted by molar-refractivity contribution is 7.99. The van der Waals surface area contributed by atoms with Crippen molar-refractivity contribution in [3.05, 3.63) is 63.7 Å². The maximum absolute atomic E-state index is 12.4. The molecule has 0 atom stereocenters. The first-order chi connectivity index (χ1) is 12.9. The fourth-order valence-electron chi connectivity index (χ4n) is 2.45. The Hall–Kier alpha value is -2.54. The molecule has 2 rings (SSSR count). The van der Waals surface area contributed by atoms with Gasteiger partial charge in [-0.1, -0.05) is 32.0 Å². The van der Waals surface area contributed by atoms with Crippen LogP contribution < -0.4 is 10.1 Å². The molecule has 0 bridgehead atoms. The Bertz CT molecular complexity index is 808. The number of methoxy groups -OCH3 is 1. The number of carbonyl (C=O) groups excluding carboxylic acids is 1. The van der Waals surface area contributed by atoms with Gasteiger partial charge in [-0.2, -0.15) is 0 Å². The van der Waals surface area contributed by atoms with E-state index in [1.807, 2.05) is 24.3 Å². The first-order valence-corrected chi connectivity index (χ1v) is 9.72. The van der Waals surface area contributed by atoms with E-state index >= 15 is 0 Å². The molecule has 7 heteroatoms. The van der Waals surface area contributed by atoms with Crippen molar-refractivity contribution in [3.8, 4) is 5.75 Å². The van der Waals surface area contributed by atoms with Gasteiger partial charge in [0, 0.05) is 23.7 Å². The summed E-state index contributed by atoms with van der Waals surface area (Å²) in [5.41, 5.74) is 1.07. The number of amides is 1. The normalized spacial score (nSPS) is 10.7. The summed E-state index contributed by atoms with van der Waals surface area (Å²) in [5, 5.41) is 14.2. The van der Waals surface area contributed by atoms with E-state index in [2.05, 4.69) is 19.2 Å². The number of rotatable bonds is 9. The number of nitro benzene ring substituents is 1. The second kappa shape index (κ2) is 9.97. The Balaban J connectivity index is 2.09. The quantitative estimate of drug-likeness (QED) is 0.383. The minimum absolute atomic E-state index is 0.0336. The van der Waals surface area contributed by atoms with Crippen LogP contribution in [0.4, 0.5) is 5.69 Å². The number of carbonyl (C=O) groups is 1. The van der Waals surface area contributed by atoms with Gasteiger partial charge in [0.2, 0.25) is 0 Å². The van der Waals surface area contributed by atoms with Crippen LogP contribution in [0, 0.1) is 16.0 Å². The highest BCUT2D eigenvalue weighted by atomic mass is 32.2. The third-order valence-corrected chi connectivity index (χ3v) is 5.10. The van der Waals surface area contributed by atoms with Crippen LogP contribution >= 0.6 is 11.8 Å². The van der Waals surface area contributed by atoms with Crippen LogP contribution in [0.2, 0.25) is 0 Å². The molecule has 144 valence electrons. The minimum atomic E-state index is -0.436. The van der Waals surface area contributed by atoms with E-state index in [0.29, 0.717) is 16.6 Å². The van der Waals surface area contributed by atoms with E-state index in [1.165, 1.54) is 17.8 Å². The zero-order chi connectivity index (χ0) is 19.8. The summed E-state index contributed by atoms with van der Waals surface area (Å²) in [6.45, 7) is 4.51. The zero-order valence-electron chi connectivity index (χ0n) is 15.7. The molecule has 6 nitrogen and oxygen atoms in total. The van der Waals surface area contributed by atoms with Crippen molar-refractivity contribution in [3.63, 3.8) is 0 Å². The SMILES string of the molecule is COc1ccccc1CNC(=O)c1ccc(SCCC(C)C)c([N+](=O)[O-])c1. The number of ether oxygens (including phenoxy) is 1. The van der Waals surface area contributed by atoms with Gasteiger partial charge in [-0.05, 0) is 36.3 Å². The number of thioether (sulfide) groups is 1. The van der Waals surface area contributed by atoms with Crippen LogP contribution in [0.5, 0.6) is 5.75 Å². The molecule has 0 fully saturated rings. The molecule has 1 N–H and O–H groups in total. The number of nitrogens with zero attached hydrogens (tertiary/aromatic N) is 1. The average Bonchev–Trinajstić information content (AvgIpc) is 2.66. The molecule has 0 aliphatic rings. The van der Waals surface area contributed by atoms with E-state index in [9.17, 15) is 14.9 Å². The van der Waals surface area contributed by atoms with Crippen molar-refractivity contribution in [2.24, 2.45) is 5.92 Å². The third kappa shape index (κ3) is 5.99. The molecule has 2 aromatic carbocycles. The topological polar surface area (TPSA) is 81.5 Å². The van der Waals surface area contributed by atoms with E-state index in [0.717, 1.165) is 17.7 Å². The number of hydrogen-bond acceptors (Lipinski definition) is 5. The van der Waals surface area contributed by atoms with Gasteiger partial charge in [-0.25, -0.2) is 0 Å². The van der Waals surface area contributed by atoms with Gasteiger partial charge in [0.15, 0.2) is 0 Å². The van der Waals surface area contributed by atoms with Crippen molar-refractivity contribution in [2.75, 3.05) is 12.9 Å². The van der Waals surface area contributed by atoms with Crippen LogP contribution in [-0.2, 0) is 6.54 Å². The van der Waals surface area contributed by atoms with Gasteiger partial charge in [-0.3, -0.25) is 14.9 Å². The smallest absolute Gasteiger partial charge is 0.283 e. The molecule has 0 radical (unpaired) electrons. The minimum Gasteiger partial charge on any atom is -0.496 e. The molecule has 0 aliphatic heterocycles. The number of nitro groups is 1. The van der Waals surface area contributed by atoms with Crippen LogP contribution in [-0.4, -0.2) is 23.7 Å². The summed E-state index contributed by atoms with van der Waals surface area (Å²) < 4.78 is 5.26. The molecule has 2 aromatic rings. The summed E-state index contributed by atoms with van der Waals surface area (Å²) in [5.74, 6) is 1.66. The number of nitrogens with one attached hydrogen (secondary N) is 1. The number of para-hydroxylation sites is 1.